The molecule has 0 unspecified atom stereocenters. The third kappa shape index (κ3) is 2.67. The van der Waals surface area contributed by atoms with Gasteiger partial charge in [0.2, 0.25) is 0 Å². The van der Waals surface area contributed by atoms with E-state index in [-0.39, 0.29) is 11.9 Å². The molecule has 0 bridgehead atoms. The number of piperazine rings is 1. The highest BCUT2D eigenvalue weighted by atomic mass is 19.1. The molecule has 0 amide bonds. The lowest BCUT2D eigenvalue weighted by Crippen LogP contribution is -2.48. The summed E-state index contributed by atoms with van der Waals surface area (Å²) < 4.78 is 19.6. The van der Waals surface area contributed by atoms with Crippen LogP contribution in [-0.2, 0) is 0 Å². The van der Waals surface area contributed by atoms with Crippen LogP contribution in [0.25, 0.3) is 0 Å². The molecule has 1 saturated heterocycles. The maximum Gasteiger partial charge on any atom is 0.131 e. The van der Waals surface area contributed by atoms with Crippen LogP contribution >= 0.6 is 0 Å². The van der Waals surface area contributed by atoms with Crippen molar-refractivity contribution in [2.24, 2.45) is 5.92 Å². The zero-order valence-electron chi connectivity index (χ0n) is 12.1. The Kier molecular flexibility index (Phi) is 4.22. The van der Waals surface area contributed by atoms with Gasteiger partial charge in [-0.15, -0.1) is 0 Å². The van der Waals surface area contributed by atoms with E-state index in [9.17, 15) is 4.39 Å². The summed E-state index contributed by atoms with van der Waals surface area (Å²) in [7, 11) is 1.58. The van der Waals surface area contributed by atoms with E-state index in [1.165, 1.54) is 25.3 Å². The Morgan fingerprint density at radius 1 is 1.30 bits per heavy atom. The van der Waals surface area contributed by atoms with Gasteiger partial charge in [-0.25, -0.2) is 4.39 Å². The van der Waals surface area contributed by atoms with E-state index in [4.69, 9.17) is 4.74 Å². The first kappa shape index (κ1) is 13.8. The molecule has 20 heavy (non-hydrogen) atoms. The van der Waals surface area contributed by atoms with Crippen molar-refractivity contribution in [1.82, 2.24) is 10.2 Å². The Morgan fingerprint density at radius 3 is 2.60 bits per heavy atom. The van der Waals surface area contributed by atoms with Crippen LogP contribution in [0.15, 0.2) is 18.2 Å². The molecule has 1 aliphatic carbocycles. The van der Waals surface area contributed by atoms with Crippen molar-refractivity contribution in [3.8, 4) is 5.75 Å². The number of hydrogen-bond acceptors (Lipinski definition) is 3. The highest BCUT2D eigenvalue weighted by molar-refractivity contribution is 5.31. The lowest BCUT2D eigenvalue weighted by Gasteiger charge is -2.43. The molecule has 2 fully saturated rings. The fourth-order valence-electron chi connectivity index (χ4n) is 3.34. The quantitative estimate of drug-likeness (QED) is 0.916. The Labute approximate surface area is 120 Å². The summed E-state index contributed by atoms with van der Waals surface area (Å²) in [5.74, 6) is 1.08. The molecule has 4 heteroatoms. The van der Waals surface area contributed by atoms with Crippen molar-refractivity contribution < 1.29 is 9.13 Å². The van der Waals surface area contributed by atoms with E-state index in [1.807, 2.05) is 12.1 Å². The standard InChI is InChI=1S/C16H23FN2O/c1-20-13-5-6-14(15(17)11-13)16(12-3-2-4-12)19-9-7-18-8-10-19/h5-6,11-12,16,18H,2-4,7-10H2,1H3/t16-/m1/s1. The summed E-state index contributed by atoms with van der Waals surface area (Å²) in [5, 5.41) is 3.37. The van der Waals surface area contributed by atoms with Gasteiger partial charge in [0.25, 0.3) is 0 Å². The SMILES string of the molecule is COc1ccc([C@@H](C2CCC2)N2CCNCC2)c(F)c1. The summed E-state index contributed by atoms with van der Waals surface area (Å²) in [6, 6.07) is 5.55. The second kappa shape index (κ2) is 6.10. The van der Waals surface area contributed by atoms with E-state index in [1.54, 1.807) is 7.11 Å². The maximum atomic E-state index is 14.4. The van der Waals surface area contributed by atoms with Gasteiger partial charge in [-0.2, -0.15) is 0 Å². The van der Waals surface area contributed by atoms with Gasteiger partial charge in [-0.1, -0.05) is 12.5 Å². The Bertz CT molecular complexity index is 456. The Hall–Kier alpha value is -1.13. The molecule has 1 heterocycles. The minimum atomic E-state index is -0.125. The predicted octanol–water partition coefficient (Wildman–Crippen LogP) is 2.58. The number of nitrogens with one attached hydrogen (secondary N) is 1. The number of methoxy groups -OCH3 is 1. The molecular formula is C16H23FN2O. The van der Waals surface area contributed by atoms with Crippen LogP contribution in [0, 0.1) is 11.7 Å². The zero-order chi connectivity index (χ0) is 13.9. The van der Waals surface area contributed by atoms with Crippen molar-refractivity contribution in [1.29, 1.82) is 0 Å². The van der Waals surface area contributed by atoms with Gasteiger partial charge in [0.05, 0.1) is 7.11 Å². The third-order valence-corrected chi connectivity index (χ3v) is 4.67. The molecule has 1 saturated carbocycles. The van der Waals surface area contributed by atoms with Crippen LogP contribution in [0.1, 0.15) is 30.9 Å². The van der Waals surface area contributed by atoms with Crippen LogP contribution in [0.4, 0.5) is 4.39 Å². The van der Waals surface area contributed by atoms with Crippen LogP contribution in [0.3, 0.4) is 0 Å². The highest BCUT2D eigenvalue weighted by Crippen LogP contribution is 2.42. The summed E-state index contributed by atoms with van der Waals surface area (Å²) in [5.41, 5.74) is 0.845. The van der Waals surface area contributed by atoms with Crippen LogP contribution < -0.4 is 10.1 Å². The number of ether oxygens (including phenoxy) is 1. The van der Waals surface area contributed by atoms with Gasteiger partial charge in [0.15, 0.2) is 0 Å². The molecule has 3 rings (SSSR count). The fourth-order valence-corrected chi connectivity index (χ4v) is 3.34. The second-order valence-electron chi connectivity index (χ2n) is 5.81. The molecule has 2 aliphatic rings. The lowest BCUT2D eigenvalue weighted by atomic mass is 9.76. The number of hydrogen-bond donors (Lipinski definition) is 1. The monoisotopic (exact) mass is 278 g/mol. The van der Waals surface area contributed by atoms with Crippen molar-refractivity contribution >= 4 is 0 Å². The van der Waals surface area contributed by atoms with Crippen molar-refractivity contribution in [3.63, 3.8) is 0 Å². The molecule has 1 aromatic rings. The first-order valence-corrected chi connectivity index (χ1v) is 7.58. The predicted molar refractivity (Wildman–Crippen MR) is 77.5 cm³/mol. The maximum absolute atomic E-state index is 14.4. The van der Waals surface area contributed by atoms with Crippen LogP contribution in [-0.4, -0.2) is 38.2 Å². The van der Waals surface area contributed by atoms with Crippen molar-refractivity contribution in [2.75, 3.05) is 33.3 Å². The van der Waals surface area contributed by atoms with E-state index in [0.717, 1.165) is 31.7 Å². The first-order chi connectivity index (χ1) is 9.79. The second-order valence-corrected chi connectivity index (χ2v) is 5.81. The van der Waals surface area contributed by atoms with Gasteiger partial charge in [0.1, 0.15) is 11.6 Å². The Morgan fingerprint density at radius 2 is 2.05 bits per heavy atom. The van der Waals surface area contributed by atoms with Crippen molar-refractivity contribution in [3.05, 3.63) is 29.6 Å². The van der Waals surface area contributed by atoms with E-state index in [0.29, 0.717) is 11.7 Å². The number of halogens is 1. The van der Waals surface area contributed by atoms with Gasteiger partial charge < -0.3 is 10.1 Å². The fraction of sp³-hybridized carbons (Fsp3) is 0.625. The normalized spacial score (nSPS) is 22.3. The molecule has 110 valence electrons. The smallest absolute Gasteiger partial charge is 0.131 e. The Balaban J connectivity index is 1.87. The molecule has 0 radical (unpaired) electrons. The van der Waals surface area contributed by atoms with Gasteiger partial charge in [-0.3, -0.25) is 4.90 Å². The molecule has 1 aliphatic heterocycles. The first-order valence-electron chi connectivity index (χ1n) is 7.58. The highest BCUT2D eigenvalue weighted by Gasteiger charge is 2.35. The van der Waals surface area contributed by atoms with Crippen LogP contribution in [0.5, 0.6) is 5.75 Å². The summed E-state index contributed by atoms with van der Waals surface area (Å²) in [4.78, 5) is 2.45. The summed E-state index contributed by atoms with van der Waals surface area (Å²) in [6.07, 6.45) is 3.73. The summed E-state index contributed by atoms with van der Waals surface area (Å²) >= 11 is 0. The topological polar surface area (TPSA) is 24.5 Å². The molecular weight excluding hydrogens is 255 g/mol. The van der Waals surface area contributed by atoms with E-state index < -0.39 is 0 Å². The molecule has 0 spiro atoms. The lowest BCUT2D eigenvalue weighted by molar-refractivity contribution is 0.0811. The number of nitrogens with zero attached hydrogens (tertiary/aromatic N) is 1. The minimum Gasteiger partial charge on any atom is -0.497 e. The van der Waals surface area contributed by atoms with Crippen LogP contribution in [0.2, 0.25) is 0 Å². The van der Waals surface area contributed by atoms with Gasteiger partial charge in [0, 0.05) is 43.9 Å². The minimum absolute atomic E-state index is 0.125. The van der Waals surface area contributed by atoms with Gasteiger partial charge >= 0.3 is 0 Å². The van der Waals surface area contributed by atoms with E-state index >= 15 is 0 Å². The van der Waals surface area contributed by atoms with E-state index in [2.05, 4.69) is 10.2 Å². The molecule has 1 N–H and O–H groups in total. The zero-order valence-corrected chi connectivity index (χ0v) is 12.1. The van der Waals surface area contributed by atoms with Gasteiger partial charge in [-0.05, 0) is 24.8 Å². The molecule has 1 atom stereocenters. The largest absolute Gasteiger partial charge is 0.497 e. The molecule has 0 aromatic heterocycles. The average molecular weight is 278 g/mol. The number of rotatable bonds is 4. The van der Waals surface area contributed by atoms with Crippen molar-refractivity contribution in [2.45, 2.75) is 25.3 Å². The molecule has 1 aromatic carbocycles. The summed E-state index contributed by atoms with van der Waals surface area (Å²) in [6.45, 7) is 4.02. The number of benzene rings is 1. The molecule has 3 nitrogen and oxygen atoms in total. The average Bonchev–Trinajstić information content (AvgIpc) is 2.44. The third-order valence-electron chi connectivity index (χ3n) is 4.67.